The number of aromatic nitrogens is 4. The van der Waals surface area contributed by atoms with Crippen molar-refractivity contribution in [1.29, 1.82) is 10.5 Å². The topological polar surface area (TPSA) is 67.3 Å². The second kappa shape index (κ2) is 29.1. The predicted octanol–water partition coefficient (Wildman–Crippen LogP) is 30.4. The first-order chi connectivity index (χ1) is 59.6. The van der Waals surface area contributed by atoms with E-state index in [9.17, 15) is 36.9 Å². The van der Waals surface area contributed by atoms with Crippen LogP contribution in [0.25, 0.3) is 177 Å². The van der Waals surface area contributed by atoms with Crippen LogP contribution in [0.15, 0.2) is 322 Å². The number of alkyl halides is 12. The number of nitrogens with zero attached hydrogens (tertiary/aromatic N) is 6. The van der Waals surface area contributed by atoms with Gasteiger partial charge in [0, 0.05) is 54.2 Å². The summed E-state index contributed by atoms with van der Waals surface area (Å²) in [7, 11) is 0. The summed E-state index contributed by atoms with van der Waals surface area (Å²) in [5, 5.41) is 28.1. The third-order valence-corrected chi connectivity index (χ3v) is 23.8. The molecule has 0 spiro atoms. The lowest BCUT2D eigenvalue weighted by Crippen LogP contribution is -2.14. The van der Waals surface area contributed by atoms with Gasteiger partial charge in [0.05, 0.1) is 112 Å². The molecular formula is C106H64F12N6. The van der Waals surface area contributed by atoms with Crippen molar-refractivity contribution in [3.63, 3.8) is 0 Å². The molecule has 0 saturated carbocycles. The number of hydrogen-bond acceptors (Lipinski definition) is 2. The number of hydrogen-bond donors (Lipinski definition) is 0. The number of benzene rings is 16. The molecule has 0 aliphatic rings. The minimum atomic E-state index is -5.36. The van der Waals surface area contributed by atoms with E-state index in [1.54, 1.807) is 42.5 Å². The highest BCUT2D eigenvalue weighted by Gasteiger charge is 2.42. The maximum atomic E-state index is 16.3. The Balaban J connectivity index is 0.778. The second-order valence-corrected chi connectivity index (χ2v) is 31.7. The molecule has 18 heteroatoms. The van der Waals surface area contributed by atoms with Gasteiger partial charge in [0.1, 0.15) is 0 Å². The molecule has 0 atom stereocenters. The lowest BCUT2D eigenvalue weighted by atomic mass is 9.92. The highest BCUT2D eigenvalue weighted by atomic mass is 19.4. The van der Waals surface area contributed by atoms with Crippen LogP contribution in [0, 0.1) is 43.4 Å². The van der Waals surface area contributed by atoms with E-state index in [1.807, 2.05) is 257 Å². The van der Waals surface area contributed by atoms with Crippen molar-refractivity contribution in [3.8, 4) is 102 Å². The summed E-state index contributed by atoms with van der Waals surface area (Å²) < 4.78 is 194. The molecule has 0 saturated heterocycles. The Morgan fingerprint density at radius 3 is 0.935 bits per heavy atom. The summed E-state index contributed by atoms with van der Waals surface area (Å²) in [5.74, 6) is 0. The molecule has 4 aromatic heterocycles. The van der Waals surface area contributed by atoms with Crippen molar-refractivity contribution in [2.24, 2.45) is 0 Å². The molecule has 0 aliphatic heterocycles. The first-order valence-electron chi connectivity index (χ1n) is 39.8. The Morgan fingerprint density at radius 1 is 0.242 bits per heavy atom. The molecule has 0 fully saturated rings. The van der Waals surface area contributed by atoms with Crippen LogP contribution in [0.5, 0.6) is 0 Å². The van der Waals surface area contributed by atoms with E-state index in [0.29, 0.717) is 88.9 Å². The lowest BCUT2D eigenvalue weighted by molar-refractivity contribution is -0.144. The van der Waals surface area contributed by atoms with Crippen molar-refractivity contribution >= 4 is 87.2 Å². The number of aryl methyl sites for hydroxylation is 3. The van der Waals surface area contributed by atoms with Gasteiger partial charge in [0.15, 0.2) is 0 Å². The smallest absolute Gasteiger partial charge is 0.308 e. The van der Waals surface area contributed by atoms with Crippen LogP contribution in [0.3, 0.4) is 0 Å². The van der Waals surface area contributed by atoms with Gasteiger partial charge >= 0.3 is 24.7 Å². The normalized spacial score (nSPS) is 12.3. The Labute approximate surface area is 701 Å². The Bertz CT molecular complexity index is 7980. The molecule has 602 valence electrons. The first kappa shape index (κ1) is 77.5. The zero-order valence-electron chi connectivity index (χ0n) is 66.0. The van der Waals surface area contributed by atoms with Crippen LogP contribution in [0.1, 0.15) is 61.2 Å². The summed E-state index contributed by atoms with van der Waals surface area (Å²) in [6.07, 6.45) is -20.8. The quantitative estimate of drug-likeness (QED) is 0.114. The van der Waals surface area contributed by atoms with E-state index < -0.39 is 58.1 Å². The number of fused-ring (bicyclic) bond motifs is 12. The van der Waals surface area contributed by atoms with E-state index >= 15 is 26.3 Å². The molecule has 124 heavy (non-hydrogen) atoms. The Hall–Kier alpha value is -15.1. The molecule has 0 N–H and O–H groups in total. The standard InChI is InChI=1S/C106H64F12N6/c1-60-14-10-18-67(42-60)71-31-40-93-85(52-71)79-24-6-9-27-91(79)121(93)97-48-65(58-119)49-98(101(97)82-37-33-75(103(107,108)109)56-87(82)105(113,114)115)122-92-39-28-64(47-84(92)86-53-72(32-41-94(86)122)68-19-11-15-61(2)43-68)45-63-17-13-21-70(46-63)74-30-36-81-78-23-5-8-26-90(78)124(96(81)55-74)100-51-66(59-120)50-99(102(100)83-38-34-76(104(110,111)112)57-88(83)106(116,117)118)123-89-25-7-4-22-77(89)80-35-29-73(54-95(80)123)69-20-12-16-62(3)44-69/h4-44,46-57H,45H2,1-3H3. The van der Waals surface area contributed by atoms with Crippen LogP contribution in [0.4, 0.5) is 52.7 Å². The number of para-hydroxylation sites is 3. The van der Waals surface area contributed by atoms with Crippen molar-refractivity contribution in [2.45, 2.75) is 51.9 Å². The zero-order valence-corrected chi connectivity index (χ0v) is 66.0. The van der Waals surface area contributed by atoms with Crippen molar-refractivity contribution in [3.05, 3.63) is 383 Å². The molecule has 20 rings (SSSR count). The minimum absolute atomic E-state index is 0.0349. The summed E-state index contributed by atoms with van der Waals surface area (Å²) in [5.41, 5.74) is 7.99. The summed E-state index contributed by atoms with van der Waals surface area (Å²) in [6.45, 7) is 5.91. The maximum Gasteiger partial charge on any atom is 0.417 e. The van der Waals surface area contributed by atoms with Gasteiger partial charge in [-0.25, -0.2) is 0 Å². The van der Waals surface area contributed by atoms with Crippen LogP contribution in [-0.4, -0.2) is 18.3 Å². The molecule has 20 aromatic rings. The highest BCUT2D eigenvalue weighted by molar-refractivity contribution is 6.16. The highest BCUT2D eigenvalue weighted by Crippen LogP contribution is 2.53. The average molecular weight is 1650 g/mol. The van der Waals surface area contributed by atoms with E-state index in [0.717, 1.165) is 94.9 Å². The summed E-state index contributed by atoms with van der Waals surface area (Å²) in [6, 6.07) is 96.1. The number of rotatable bonds is 12. The first-order valence-corrected chi connectivity index (χ1v) is 39.8. The molecule has 0 unspecified atom stereocenters. The SMILES string of the molecule is Cc1cccc(-c2ccc3c(c2)c2ccccc2n3-c2cc(C#N)cc(-n3c4ccc(Cc5cccc(-c6ccc7c8ccccc8n(-c8cc(C#N)cc(-n9c%10ccccc%10c%10ccc(-c%11cccc(C)c%11)cc%109)c8-c8ccc(C(F)(F)F)cc8C(F)(F)F)c7c6)c5)cc4c4cc(-c5cccc(C)c5)ccc43)c2-c2ccc(C(F)(F)F)cc2C(F)(F)F)c1. The van der Waals surface area contributed by atoms with Gasteiger partial charge in [-0.05, 0) is 209 Å². The molecule has 0 radical (unpaired) electrons. The number of nitriles is 2. The van der Waals surface area contributed by atoms with Gasteiger partial charge < -0.3 is 18.3 Å². The van der Waals surface area contributed by atoms with E-state index in [4.69, 9.17) is 0 Å². The van der Waals surface area contributed by atoms with Crippen LogP contribution in [0.2, 0.25) is 0 Å². The minimum Gasteiger partial charge on any atom is -0.308 e. The average Bonchev–Trinajstić information content (AvgIpc) is 1.54. The Morgan fingerprint density at radius 2 is 0.548 bits per heavy atom. The fourth-order valence-corrected chi connectivity index (χ4v) is 18.4. The van der Waals surface area contributed by atoms with Gasteiger partial charge in [0.2, 0.25) is 0 Å². The van der Waals surface area contributed by atoms with Gasteiger partial charge in [-0.3, -0.25) is 0 Å². The molecule has 0 aliphatic carbocycles. The fraction of sp³-hybridized carbons (Fsp3) is 0.0755. The van der Waals surface area contributed by atoms with Gasteiger partial charge in [-0.2, -0.15) is 63.2 Å². The van der Waals surface area contributed by atoms with Gasteiger partial charge in [0.25, 0.3) is 0 Å². The van der Waals surface area contributed by atoms with E-state index in [-0.39, 0.29) is 63.6 Å². The van der Waals surface area contributed by atoms with Crippen molar-refractivity contribution in [2.75, 3.05) is 0 Å². The van der Waals surface area contributed by atoms with Crippen molar-refractivity contribution < 1.29 is 52.7 Å². The summed E-state index contributed by atoms with van der Waals surface area (Å²) >= 11 is 0. The summed E-state index contributed by atoms with van der Waals surface area (Å²) in [4.78, 5) is 0. The molecule has 0 amide bonds. The van der Waals surface area contributed by atoms with Gasteiger partial charge in [-0.15, -0.1) is 0 Å². The third kappa shape index (κ3) is 13.2. The van der Waals surface area contributed by atoms with Gasteiger partial charge in [-0.1, -0.05) is 223 Å². The molecule has 16 aromatic carbocycles. The molecule has 6 nitrogen and oxygen atoms in total. The second-order valence-electron chi connectivity index (χ2n) is 31.7. The predicted molar refractivity (Wildman–Crippen MR) is 469 cm³/mol. The molecule has 0 bridgehead atoms. The zero-order chi connectivity index (χ0) is 85.7. The maximum absolute atomic E-state index is 16.3. The van der Waals surface area contributed by atoms with E-state index in [1.165, 1.54) is 24.3 Å². The molecular weight excluding hydrogens is 1590 g/mol. The number of halogens is 12. The third-order valence-electron chi connectivity index (χ3n) is 23.8. The lowest BCUT2D eigenvalue weighted by Gasteiger charge is -2.24. The molecule has 4 heterocycles. The Kier molecular flexibility index (Phi) is 18.2. The van der Waals surface area contributed by atoms with E-state index in [2.05, 4.69) is 12.1 Å². The van der Waals surface area contributed by atoms with Crippen LogP contribution >= 0.6 is 0 Å². The van der Waals surface area contributed by atoms with Crippen LogP contribution in [-0.2, 0) is 31.1 Å². The van der Waals surface area contributed by atoms with Crippen LogP contribution < -0.4 is 0 Å². The fourth-order valence-electron chi connectivity index (χ4n) is 18.4. The van der Waals surface area contributed by atoms with Crippen molar-refractivity contribution in [1.82, 2.24) is 18.3 Å². The largest absolute Gasteiger partial charge is 0.417 e. The monoisotopic (exact) mass is 1650 g/mol.